The third-order valence-corrected chi connectivity index (χ3v) is 2.43. The number of benzene rings is 1. The third-order valence-electron chi connectivity index (χ3n) is 2.43. The lowest BCUT2D eigenvalue weighted by atomic mass is 10.0. The molecule has 0 saturated carbocycles. The van der Waals surface area contributed by atoms with Gasteiger partial charge in [0.05, 0.1) is 12.0 Å². The summed E-state index contributed by atoms with van der Waals surface area (Å²) in [7, 11) is 0. The predicted octanol–water partition coefficient (Wildman–Crippen LogP) is 0.0968. The van der Waals surface area contributed by atoms with E-state index in [-0.39, 0.29) is 23.5 Å². The second kappa shape index (κ2) is 4.33. The summed E-state index contributed by atoms with van der Waals surface area (Å²) in [6.07, 6.45) is 0.880. The fourth-order valence-corrected chi connectivity index (χ4v) is 1.55. The molecule has 1 aliphatic rings. The third kappa shape index (κ3) is 2.22. The van der Waals surface area contributed by atoms with E-state index in [1.165, 1.54) is 24.3 Å². The molecule has 1 aromatic carbocycles. The average Bonchev–Trinajstić information content (AvgIpc) is 2.28. The van der Waals surface area contributed by atoms with Crippen LogP contribution < -0.4 is 5.32 Å². The lowest BCUT2D eigenvalue weighted by Gasteiger charge is -2.12. The number of nitrogens with one attached hydrogen (secondary N) is 1. The molecule has 1 heterocycles. The predicted molar refractivity (Wildman–Crippen MR) is 60.5 cm³/mol. The Morgan fingerprint density at radius 2 is 1.83 bits per heavy atom. The SMILES string of the molecule is O=C1CC(=O)/C(=C\c2ccc(O)c(O)c2)C(=O)N1. The molecule has 2 amide bonds. The van der Waals surface area contributed by atoms with E-state index in [0.29, 0.717) is 5.56 Å². The van der Waals surface area contributed by atoms with Crippen LogP contribution >= 0.6 is 0 Å². The van der Waals surface area contributed by atoms with E-state index in [9.17, 15) is 19.5 Å². The van der Waals surface area contributed by atoms with E-state index < -0.39 is 17.6 Å². The largest absolute Gasteiger partial charge is 0.504 e. The van der Waals surface area contributed by atoms with Crippen molar-refractivity contribution in [1.29, 1.82) is 0 Å². The van der Waals surface area contributed by atoms with Crippen LogP contribution in [0.15, 0.2) is 23.8 Å². The Morgan fingerprint density at radius 1 is 1.11 bits per heavy atom. The molecule has 0 aromatic heterocycles. The number of carbonyl (C=O) groups is 3. The fourth-order valence-electron chi connectivity index (χ4n) is 1.55. The second-order valence-corrected chi connectivity index (χ2v) is 3.78. The van der Waals surface area contributed by atoms with E-state index in [0.717, 1.165) is 0 Å². The summed E-state index contributed by atoms with van der Waals surface area (Å²) in [5.74, 6) is -2.62. The fraction of sp³-hybridized carbons (Fsp3) is 0.0833. The van der Waals surface area contributed by atoms with Gasteiger partial charge in [-0.05, 0) is 23.8 Å². The molecule has 92 valence electrons. The molecule has 0 aliphatic carbocycles. The molecule has 1 fully saturated rings. The van der Waals surface area contributed by atoms with Crippen molar-refractivity contribution in [3.05, 3.63) is 29.3 Å². The van der Waals surface area contributed by atoms with E-state index in [1.807, 2.05) is 5.32 Å². The number of hydrogen-bond acceptors (Lipinski definition) is 5. The van der Waals surface area contributed by atoms with Gasteiger partial charge in [-0.1, -0.05) is 6.07 Å². The molecular weight excluding hydrogens is 238 g/mol. The maximum absolute atomic E-state index is 11.5. The van der Waals surface area contributed by atoms with Crippen molar-refractivity contribution in [2.24, 2.45) is 0 Å². The van der Waals surface area contributed by atoms with Crippen molar-refractivity contribution in [2.45, 2.75) is 6.42 Å². The van der Waals surface area contributed by atoms with Gasteiger partial charge < -0.3 is 10.2 Å². The summed E-state index contributed by atoms with van der Waals surface area (Å²) < 4.78 is 0. The first-order valence-corrected chi connectivity index (χ1v) is 5.08. The van der Waals surface area contributed by atoms with E-state index in [1.54, 1.807) is 0 Å². The Hall–Kier alpha value is -2.63. The smallest absolute Gasteiger partial charge is 0.261 e. The van der Waals surface area contributed by atoms with Crippen LogP contribution in [0.4, 0.5) is 0 Å². The first kappa shape index (κ1) is 11.8. The minimum absolute atomic E-state index is 0.153. The van der Waals surface area contributed by atoms with Crippen molar-refractivity contribution in [1.82, 2.24) is 5.32 Å². The van der Waals surface area contributed by atoms with E-state index in [4.69, 9.17) is 5.11 Å². The Labute approximate surface area is 102 Å². The van der Waals surface area contributed by atoms with Crippen LogP contribution in [0, 0.1) is 0 Å². The van der Waals surface area contributed by atoms with Gasteiger partial charge in [0.2, 0.25) is 5.91 Å². The van der Waals surface area contributed by atoms with Crippen molar-refractivity contribution in [3.8, 4) is 11.5 Å². The Morgan fingerprint density at radius 3 is 2.44 bits per heavy atom. The maximum Gasteiger partial charge on any atom is 0.261 e. The number of phenols is 2. The second-order valence-electron chi connectivity index (χ2n) is 3.78. The van der Waals surface area contributed by atoms with Crippen molar-refractivity contribution in [2.75, 3.05) is 0 Å². The molecule has 1 saturated heterocycles. The lowest BCUT2D eigenvalue weighted by molar-refractivity contribution is -0.134. The van der Waals surface area contributed by atoms with Gasteiger partial charge >= 0.3 is 0 Å². The highest BCUT2D eigenvalue weighted by Crippen LogP contribution is 2.26. The molecule has 1 aromatic rings. The van der Waals surface area contributed by atoms with Gasteiger partial charge in [0.15, 0.2) is 17.3 Å². The monoisotopic (exact) mass is 247 g/mol. The summed E-state index contributed by atoms with van der Waals surface area (Å²) in [5, 5.41) is 20.4. The zero-order valence-corrected chi connectivity index (χ0v) is 9.14. The zero-order valence-electron chi connectivity index (χ0n) is 9.14. The number of carbonyl (C=O) groups excluding carboxylic acids is 3. The van der Waals surface area contributed by atoms with E-state index in [2.05, 4.69) is 0 Å². The molecule has 1 aliphatic heterocycles. The molecule has 0 atom stereocenters. The highest BCUT2D eigenvalue weighted by atomic mass is 16.3. The highest BCUT2D eigenvalue weighted by molar-refractivity contribution is 6.32. The number of imide groups is 1. The molecule has 2 rings (SSSR count). The van der Waals surface area contributed by atoms with Crippen LogP contribution in [0.5, 0.6) is 11.5 Å². The lowest BCUT2D eigenvalue weighted by Crippen LogP contribution is -2.40. The number of piperidine rings is 1. The number of phenolic OH excluding ortho intramolecular Hbond substituents is 2. The number of hydrogen-bond donors (Lipinski definition) is 3. The van der Waals surface area contributed by atoms with Gasteiger partial charge in [0.25, 0.3) is 5.91 Å². The molecule has 18 heavy (non-hydrogen) atoms. The molecule has 0 radical (unpaired) electrons. The normalized spacial score (nSPS) is 18.0. The zero-order chi connectivity index (χ0) is 13.3. The molecule has 0 spiro atoms. The molecule has 3 N–H and O–H groups in total. The molecule has 0 unspecified atom stereocenters. The molecule has 6 heteroatoms. The van der Waals surface area contributed by atoms with Crippen LogP contribution in [0.25, 0.3) is 6.08 Å². The van der Waals surface area contributed by atoms with E-state index >= 15 is 0 Å². The van der Waals surface area contributed by atoms with Gasteiger partial charge in [-0.3, -0.25) is 19.7 Å². The summed E-state index contributed by atoms with van der Waals surface area (Å²) in [4.78, 5) is 33.9. The van der Waals surface area contributed by atoms with Crippen molar-refractivity contribution < 1.29 is 24.6 Å². The Kier molecular flexibility index (Phi) is 2.85. The summed E-state index contributed by atoms with van der Waals surface area (Å²) in [5.41, 5.74) is 0.220. The van der Waals surface area contributed by atoms with Crippen LogP contribution in [0.1, 0.15) is 12.0 Å². The first-order valence-electron chi connectivity index (χ1n) is 5.08. The molecule has 6 nitrogen and oxygen atoms in total. The molecule has 0 bridgehead atoms. The minimum Gasteiger partial charge on any atom is -0.504 e. The number of ketones is 1. The van der Waals surface area contributed by atoms with Crippen LogP contribution in [-0.4, -0.2) is 27.8 Å². The number of amides is 2. The summed E-state index contributed by atoms with van der Waals surface area (Å²) >= 11 is 0. The quantitative estimate of drug-likeness (QED) is 0.214. The number of aromatic hydroxyl groups is 2. The number of Topliss-reactive ketones (excluding diaryl/α,β-unsaturated/α-hetero) is 1. The first-order chi connectivity index (χ1) is 8.47. The van der Waals surface area contributed by atoms with Gasteiger partial charge in [-0.2, -0.15) is 0 Å². The number of rotatable bonds is 1. The standard InChI is InChI=1S/C12H9NO5/c14-8-2-1-6(4-10(8)16)3-7-9(15)5-11(17)13-12(7)18/h1-4,14,16H,5H2,(H,13,17,18)/b7-3+. The van der Waals surface area contributed by atoms with Gasteiger partial charge in [-0.15, -0.1) is 0 Å². The minimum atomic E-state index is -0.760. The van der Waals surface area contributed by atoms with Crippen LogP contribution in [-0.2, 0) is 14.4 Å². The topological polar surface area (TPSA) is 104 Å². The average molecular weight is 247 g/mol. The van der Waals surface area contributed by atoms with Crippen LogP contribution in [0.2, 0.25) is 0 Å². The summed E-state index contributed by atoms with van der Waals surface area (Å²) in [6.45, 7) is 0. The Bertz CT molecular complexity index is 566. The maximum atomic E-state index is 11.5. The Balaban J connectivity index is 2.37. The van der Waals surface area contributed by atoms with Gasteiger partial charge in [0.1, 0.15) is 0 Å². The van der Waals surface area contributed by atoms with Gasteiger partial charge in [-0.25, -0.2) is 0 Å². The van der Waals surface area contributed by atoms with Crippen molar-refractivity contribution in [3.63, 3.8) is 0 Å². The highest BCUT2D eigenvalue weighted by Gasteiger charge is 2.28. The molecular formula is C12H9NO5. The summed E-state index contributed by atoms with van der Waals surface area (Å²) in [6, 6.07) is 3.87. The van der Waals surface area contributed by atoms with Gasteiger partial charge in [0, 0.05) is 0 Å². The van der Waals surface area contributed by atoms with Crippen molar-refractivity contribution >= 4 is 23.7 Å². The van der Waals surface area contributed by atoms with Crippen LogP contribution in [0.3, 0.4) is 0 Å².